The van der Waals surface area contributed by atoms with Gasteiger partial charge in [-0.15, -0.1) is 8.98 Å². The molecule has 0 aliphatic rings. The van der Waals surface area contributed by atoms with Crippen molar-refractivity contribution in [2.45, 2.75) is 17.4 Å². The molecule has 0 unspecified atom stereocenters. The molecular formula is C18H11ClF3N5O2S. The van der Waals surface area contributed by atoms with Crippen molar-refractivity contribution in [3.63, 3.8) is 0 Å². The van der Waals surface area contributed by atoms with E-state index in [1.807, 2.05) is 0 Å². The molecule has 0 spiro atoms. The minimum absolute atomic E-state index is 0.0397. The Kier molecular flexibility index (Phi) is 4.94. The van der Waals surface area contributed by atoms with Crippen molar-refractivity contribution in [2.75, 3.05) is 0 Å². The van der Waals surface area contributed by atoms with Crippen LogP contribution in [-0.2, 0) is 22.7 Å². The van der Waals surface area contributed by atoms with Crippen LogP contribution in [0, 0.1) is 0 Å². The van der Waals surface area contributed by atoms with Gasteiger partial charge in [-0.05, 0) is 11.6 Å². The molecule has 154 valence electrons. The molecule has 0 amide bonds. The van der Waals surface area contributed by atoms with E-state index in [0.717, 1.165) is 10.7 Å². The third kappa shape index (κ3) is 3.61. The maximum atomic E-state index is 14.9. The van der Waals surface area contributed by atoms with Crippen LogP contribution in [0.25, 0.3) is 11.2 Å². The van der Waals surface area contributed by atoms with Crippen molar-refractivity contribution in [1.82, 2.24) is 25.0 Å². The molecular weight excluding hydrogens is 443 g/mol. The van der Waals surface area contributed by atoms with Crippen LogP contribution in [0.2, 0.25) is 5.15 Å². The molecule has 4 rings (SSSR count). The highest BCUT2D eigenvalue weighted by atomic mass is 35.5. The number of halogens is 4. The first-order chi connectivity index (χ1) is 14.2. The number of nitrogens with zero attached hydrogens (tertiary/aromatic N) is 5. The zero-order valence-corrected chi connectivity index (χ0v) is 16.4. The molecule has 2 aromatic heterocycles. The van der Waals surface area contributed by atoms with Gasteiger partial charge in [0.05, 0.1) is 6.54 Å². The maximum Gasteiger partial charge on any atom is 0.332 e. The van der Waals surface area contributed by atoms with Gasteiger partial charge < -0.3 is 0 Å². The Morgan fingerprint density at radius 2 is 1.67 bits per heavy atom. The van der Waals surface area contributed by atoms with Gasteiger partial charge in [-0.2, -0.15) is 17.2 Å². The minimum atomic E-state index is -5.01. The third-order valence-electron chi connectivity index (χ3n) is 4.29. The maximum absolute atomic E-state index is 14.9. The Morgan fingerprint density at radius 3 is 2.37 bits per heavy atom. The molecule has 0 radical (unpaired) electrons. The summed E-state index contributed by atoms with van der Waals surface area (Å²) in [7, 11) is -5.01. The normalized spacial score (nSPS) is 12.4. The number of hydrogen-bond donors (Lipinski definition) is 0. The first-order valence-electron chi connectivity index (χ1n) is 8.41. The first kappa shape index (κ1) is 20.2. The monoisotopic (exact) mass is 453 g/mol. The molecule has 0 atom stereocenters. The summed E-state index contributed by atoms with van der Waals surface area (Å²) in [4.78, 5) is 6.97. The van der Waals surface area contributed by atoms with Gasteiger partial charge >= 0.3 is 16.1 Å². The Bertz CT molecular complexity index is 1350. The van der Waals surface area contributed by atoms with Crippen molar-refractivity contribution in [3.05, 3.63) is 76.7 Å². The Balaban J connectivity index is 1.83. The average Bonchev–Trinajstić information content (AvgIpc) is 3.12. The first-order valence-corrected chi connectivity index (χ1v) is 10.2. The van der Waals surface area contributed by atoms with E-state index in [1.54, 1.807) is 6.07 Å². The van der Waals surface area contributed by atoms with Crippen molar-refractivity contribution < 1.29 is 21.1 Å². The van der Waals surface area contributed by atoms with E-state index in [-0.39, 0.29) is 34.0 Å². The molecule has 30 heavy (non-hydrogen) atoms. The van der Waals surface area contributed by atoms with E-state index >= 15 is 0 Å². The number of alkyl halides is 2. The summed E-state index contributed by atoms with van der Waals surface area (Å²) in [6.07, 6.45) is 0. The molecule has 0 saturated carbocycles. The summed E-state index contributed by atoms with van der Waals surface area (Å²) >= 11 is 6.02. The molecule has 0 aliphatic heterocycles. The lowest BCUT2D eigenvalue weighted by molar-refractivity contribution is 0.0331. The Morgan fingerprint density at radius 1 is 1.00 bits per heavy atom. The number of aromatic nitrogens is 5. The van der Waals surface area contributed by atoms with Crippen LogP contribution in [0.4, 0.5) is 12.7 Å². The van der Waals surface area contributed by atoms with Gasteiger partial charge in [-0.1, -0.05) is 65.3 Å². The molecule has 0 N–H and O–H groups in total. The Labute approximate surface area is 173 Å². The fraction of sp³-hybridized carbons (Fsp3) is 0.111. The van der Waals surface area contributed by atoms with Crippen molar-refractivity contribution in [2.24, 2.45) is 0 Å². The smallest absolute Gasteiger partial charge is 0.222 e. The van der Waals surface area contributed by atoms with E-state index in [2.05, 4.69) is 20.3 Å². The average molecular weight is 454 g/mol. The largest absolute Gasteiger partial charge is 0.332 e. The highest BCUT2D eigenvalue weighted by molar-refractivity contribution is 7.86. The molecule has 7 nitrogen and oxygen atoms in total. The summed E-state index contributed by atoms with van der Waals surface area (Å²) in [6.45, 7) is -0.292. The van der Waals surface area contributed by atoms with Crippen LogP contribution >= 0.6 is 11.6 Å². The molecule has 0 fully saturated rings. The lowest BCUT2D eigenvalue weighted by Crippen LogP contribution is -2.20. The summed E-state index contributed by atoms with van der Waals surface area (Å²) in [6, 6.07) is 12.2. The van der Waals surface area contributed by atoms with Gasteiger partial charge in [0.2, 0.25) is 5.82 Å². The fourth-order valence-corrected chi connectivity index (χ4v) is 3.77. The van der Waals surface area contributed by atoms with Gasteiger partial charge in [0, 0.05) is 5.56 Å². The number of benzene rings is 2. The van der Waals surface area contributed by atoms with Gasteiger partial charge in [-0.25, -0.2) is 14.6 Å². The van der Waals surface area contributed by atoms with Gasteiger partial charge in [0.25, 0.3) is 0 Å². The molecule has 0 saturated heterocycles. The minimum Gasteiger partial charge on any atom is -0.222 e. The molecule has 2 heterocycles. The van der Waals surface area contributed by atoms with Gasteiger partial charge in [0.1, 0.15) is 4.90 Å². The Hall–Kier alpha value is -3.05. The highest BCUT2D eigenvalue weighted by Crippen LogP contribution is 2.35. The van der Waals surface area contributed by atoms with E-state index in [1.165, 1.54) is 42.5 Å². The van der Waals surface area contributed by atoms with Crippen molar-refractivity contribution >= 4 is 33.0 Å². The molecule has 12 heteroatoms. The van der Waals surface area contributed by atoms with Crippen LogP contribution in [0.15, 0.2) is 59.5 Å². The second-order valence-electron chi connectivity index (χ2n) is 6.24. The standard InChI is InChI=1S/C18H11ClF3N5O2S/c19-15-14-16(24-17(23-15)18(20,21)12-7-2-1-3-8-12)27(26-25-14)10-11-6-4-5-9-13(11)30(22,28)29/h1-9H,10H2. The molecule has 0 bridgehead atoms. The number of hydrogen-bond acceptors (Lipinski definition) is 6. The summed E-state index contributed by atoms with van der Waals surface area (Å²) in [5.74, 6) is -4.44. The second-order valence-corrected chi connectivity index (χ2v) is 7.92. The lowest BCUT2D eigenvalue weighted by atomic mass is 10.1. The number of rotatable bonds is 5. The zero-order chi connectivity index (χ0) is 21.5. The second kappa shape index (κ2) is 7.33. The van der Waals surface area contributed by atoms with Crippen molar-refractivity contribution in [3.8, 4) is 0 Å². The topological polar surface area (TPSA) is 90.6 Å². The molecule has 4 aromatic rings. The highest BCUT2D eigenvalue weighted by Gasteiger charge is 2.38. The van der Waals surface area contributed by atoms with E-state index in [0.29, 0.717) is 0 Å². The lowest BCUT2D eigenvalue weighted by Gasteiger charge is -2.15. The molecule has 2 aromatic carbocycles. The van der Waals surface area contributed by atoms with Gasteiger partial charge in [0.15, 0.2) is 16.3 Å². The third-order valence-corrected chi connectivity index (χ3v) is 5.48. The summed E-state index contributed by atoms with van der Waals surface area (Å²) < 4.78 is 67.2. The van der Waals surface area contributed by atoms with Crippen LogP contribution in [0.3, 0.4) is 0 Å². The van der Waals surface area contributed by atoms with Crippen LogP contribution < -0.4 is 0 Å². The predicted molar refractivity (Wildman–Crippen MR) is 101 cm³/mol. The van der Waals surface area contributed by atoms with E-state index in [4.69, 9.17) is 11.6 Å². The fourth-order valence-electron chi connectivity index (χ4n) is 2.88. The van der Waals surface area contributed by atoms with Gasteiger partial charge in [-0.3, -0.25) is 0 Å². The zero-order valence-electron chi connectivity index (χ0n) is 14.9. The SMILES string of the molecule is O=S(=O)(F)c1ccccc1Cn1nnc2c(Cl)nc(C(F)(F)c3ccccc3)nc21. The van der Waals surface area contributed by atoms with E-state index < -0.39 is 26.9 Å². The van der Waals surface area contributed by atoms with Crippen LogP contribution in [0.1, 0.15) is 17.0 Å². The molecule has 0 aliphatic carbocycles. The van der Waals surface area contributed by atoms with Crippen molar-refractivity contribution in [1.29, 1.82) is 0 Å². The summed E-state index contributed by atoms with van der Waals surface area (Å²) in [5, 5.41) is 7.21. The summed E-state index contributed by atoms with van der Waals surface area (Å²) in [5.41, 5.74) is -0.497. The number of fused-ring (bicyclic) bond motifs is 1. The van der Waals surface area contributed by atoms with Crippen LogP contribution in [0.5, 0.6) is 0 Å². The van der Waals surface area contributed by atoms with E-state index in [9.17, 15) is 21.1 Å². The van der Waals surface area contributed by atoms with Crippen LogP contribution in [-0.4, -0.2) is 33.4 Å². The predicted octanol–water partition coefficient (Wildman–Crippen LogP) is 3.72. The quantitative estimate of drug-likeness (QED) is 0.338.